The smallest absolute Gasteiger partial charge is 0.220 e. The van der Waals surface area contributed by atoms with E-state index in [1.165, 1.54) is 25.7 Å². The largest absolute Gasteiger partial charge is 0.352 e. The topological polar surface area (TPSA) is 58.4 Å². The third-order valence-corrected chi connectivity index (χ3v) is 4.61. The van der Waals surface area contributed by atoms with Crippen LogP contribution in [0.4, 0.5) is 0 Å². The second-order valence-corrected chi connectivity index (χ2v) is 6.28. The van der Waals surface area contributed by atoms with Crippen molar-refractivity contribution in [2.45, 2.75) is 58.9 Å². The van der Waals surface area contributed by atoms with Crippen molar-refractivity contribution in [3.63, 3.8) is 0 Å². The Morgan fingerprint density at radius 1 is 1.20 bits per heavy atom. The van der Waals surface area contributed by atoms with Gasteiger partial charge >= 0.3 is 0 Å². The summed E-state index contributed by atoms with van der Waals surface area (Å²) in [6.45, 7) is 10.3. The van der Waals surface area contributed by atoms with Crippen LogP contribution in [0.2, 0.25) is 0 Å². The fourth-order valence-corrected chi connectivity index (χ4v) is 3.18. The summed E-state index contributed by atoms with van der Waals surface area (Å²) in [7, 11) is 0. The van der Waals surface area contributed by atoms with Crippen molar-refractivity contribution >= 4 is 5.91 Å². The first-order valence-corrected chi connectivity index (χ1v) is 8.30. The van der Waals surface area contributed by atoms with E-state index < -0.39 is 0 Å². The van der Waals surface area contributed by atoms with Crippen LogP contribution in [0.15, 0.2) is 0 Å². The lowest BCUT2D eigenvalue weighted by Gasteiger charge is -2.28. The molecule has 20 heavy (non-hydrogen) atoms. The Morgan fingerprint density at radius 2 is 1.75 bits per heavy atom. The molecule has 0 aromatic rings. The van der Waals surface area contributed by atoms with Crippen LogP contribution in [-0.2, 0) is 4.79 Å². The number of rotatable bonds is 8. The highest BCUT2D eigenvalue weighted by Crippen LogP contribution is 2.30. The summed E-state index contributed by atoms with van der Waals surface area (Å²) in [6, 6.07) is 0.239. The first-order valence-electron chi connectivity index (χ1n) is 8.30. The molecule has 1 aliphatic carbocycles. The lowest BCUT2D eigenvalue weighted by atomic mass is 9.80. The zero-order valence-electron chi connectivity index (χ0n) is 13.5. The first kappa shape index (κ1) is 17.4. The summed E-state index contributed by atoms with van der Waals surface area (Å²) in [5.74, 6) is 1.48. The molecule has 1 rings (SSSR count). The Hall–Kier alpha value is -0.610. The van der Waals surface area contributed by atoms with Crippen LogP contribution >= 0.6 is 0 Å². The highest BCUT2D eigenvalue weighted by molar-refractivity contribution is 5.76. The fraction of sp³-hybridized carbons (Fsp3) is 0.938. The zero-order chi connectivity index (χ0) is 15.0. The molecule has 1 amide bonds. The van der Waals surface area contributed by atoms with E-state index in [0.29, 0.717) is 18.3 Å². The number of hydrogen-bond donors (Lipinski definition) is 2. The maximum absolute atomic E-state index is 12.1. The van der Waals surface area contributed by atoms with Crippen molar-refractivity contribution in [2.24, 2.45) is 17.6 Å². The number of carbonyl (C=O) groups excluding carboxylic acids is 1. The third-order valence-electron chi connectivity index (χ3n) is 4.61. The highest BCUT2D eigenvalue weighted by Gasteiger charge is 2.22. The molecular formula is C16H33N3O. The predicted molar refractivity (Wildman–Crippen MR) is 84.5 cm³/mol. The zero-order valence-corrected chi connectivity index (χ0v) is 13.5. The summed E-state index contributed by atoms with van der Waals surface area (Å²) in [5.41, 5.74) is 5.70. The lowest BCUT2D eigenvalue weighted by Crippen LogP contribution is -2.42. The fourth-order valence-electron chi connectivity index (χ4n) is 3.18. The van der Waals surface area contributed by atoms with Gasteiger partial charge in [0, 0.05) is 19.0 Å². The lowest BCUT2D eigenvalue weighted by molar-refractivity contribution is -0.123. The molecule has 3 N–H and O–H groups in total. The maximum Gasteiger partial charge on any atom is 0.220 e. The van der Waals surface area contributed by atoms with E-state index >= 15 is 0 Å². The molecular weight excluding hydrogens is 250 g/mol. The highest BCUT2D eigenvalue weighted by atomic mass is 16.1. The Labute approximate surface area is 124 Å². The van der Waals surface area contributed by atoms with E-state index in [1.54, 1.807) is 0 Å². The van der Waals surface area contributed by atoms with Gasteiger partial charge in [-0.05, 0) is 64.1 Å². The normalized spacial score (nSPS) is 24.6. The number of carbonyl (C=O) groups is 1. The van der Waals surface area contributed by atoms with E-state index in [2.05, 4.69) is 31.0 Å². The SMILES string of the molecule is CCN(CC)CC(C)NC(=O)CC1CCC(CN)CC1. The minimum atomic E-state index is 0.223. The predicted octanol–water partition coefficient (Wildman–Crippen LogP) is 1.99. The van der Waals surface area contributed by atoms with Crippen LogP contribution in [0.3, 0.4) is 0 Å². The maximum atomic E-state index is 12.1. The van der Waals surface area contributed by atoms with Gasteiger partial charge in [-0.2, -0.15) is 0 Å². The molecule has 0 saturated heterocycles. The third kappa shape index (κ3) is 6.23. The van der Waals surface area contributed by atoms with Gasteiger partial charge < -0.3 is 16.0 Å². The second-order valence-electron chi connectivity index (χ2n) is 6.28. The number of nitrogens with one attached hydrogen (secondary N) is 1. The van der Waals surface area contributed by atoms with Gasteiger partial charge in [0.15, 0.2) is 0 Å². The van der Waals surface area contributed by atoms with E-state index in [9.17, 15) is 4.79 Å². The van der Waals surface area contributed by atoms with Gasteiger partial charge in [0.2, 0.25) is 5.91 Å². The van der Waals surface area contributed by atoms with E-state index in [4.69, 9.17) is 5.73 Å². The summed E-state index contributed by atoms with van der Waals surface area (Å²) < 4.78 is 0. The van der Waals surface area contributed by atoms with Crippen molar-refractivity contribution < 1.29 is 4.79 Å². The second kappa shape index (κ2) is 9.35. The molecule has 0 aromatic carbocycles. The van der Waals surface area contributed by atoms with Crippen molar-refractivity contribution in [1.29, 1.82) is 0 Å². The molecule has 4 heteroatoms. The molecule has 0 spiro atoms. The van der Waals surface area contributed by atoms with Crippen molar-refractivity contribution in [3.8, 4) is 0 Å². The summed E-state index contributed by atoms with van der Waals surface area (Å²) in [4.78, 5) is 14.4. The molecule has 1 unspecified atom stereocenters. The minimum Gasteiger partial charge on any atom is -0.352 e. The van der Waals surface area contributed by atoms with Crippen LogP contribution < -0.4 is 11.1 Å². The van der Waals surface area contributed by atoms with E-state index in [1.807, 2.05) is 0 Å². The summed E-state index contributed by atoms with van der Waals surface area (Å²) in [6.07, 6.45) is 5.42. The Kier molecular flexibility index (Phi) is 8.15. The number of amides is 1. The molecule has 1 atom stereocenters. The monoisotopic (exact) mass is 283 g/mol. The molecule has 1 fully saturated rings. The van der Waals surface area contributed by atoms with Crippen LogP contribution in [0.25, 0.3) is 0 Å². The Bertz CT molecular complexity index is 271. The van der Waals surface area contributed by atoms with Gasteiger partial charge in [-0.25, -0.2) is 0 Å². The van der Waals surface area contributed by atoms with Crippen LogP contribution in [-0.4, -0.2) is 43.0 Å². The Morgan fingerprint density at radius 3 is 2.25 bits per heavy atom. The average molecular weight is 283 g/mol. The van der Waals surface area contributed by atoms with Gasteiger partial charge in [-0.1, -0.05) is 13.8 Å². The molecule has 0 heterocycles. The van der Waals surface area contributed by atoms with Gasteiger partial charge in [-0.3, -0.25) is 4.79 Å². The van der Waals surface area contributed by atoms with Gasteiger partial charge in [0.05, 0.1) is 0 Å². The first-order chi connectivity index (χ1) is 9.58. The van der Waals surface area contributed by atoms with Crippen LogP contribution in [0.5, 0.6) is 0 Å². The number of hydrogen-bond acceptors (Lipinski definition) is 3. The Balaban J connectivity index is 2.23. The number of likely N-dealkylation sites (N-methyl/N-ethyl adjacent to an activating group) is 1. The standard InChI is InChI=1S/C16H33N3O/c1-4-19(5-2)12-13(3)18-16(20)10-14-6-8-15(11-17)9-7-14/h13-15H,4-12,17H2,1-3H3,(H,18,20). The van der Waals surface area contributed by atoms with Crippen LogP contribution in [0.1, 0.15) is 52.9 Å². The van der Waals surface area contributed by atoms with Crippen molar-refractivity contribution in [1.82, 2.24) is 10.2 Å². The summed E-state index contributed by atoms with van der Waals surface area (Å²) in [5, 5.41) is 3.15. The number of nitrogens with zero attached hydrogens (tertiary/aromatic N) is 1. The number of nitrogens with two attached hydrogens (primary N) is 1. The van der Waals surface area contributed by atoms with E-state index in [0.717, 1.165) is 26.2 Å². The minimum absolute atomic E-state index is 0.223. The summed E-state index contributed by atoms with van der Waals surface area (Å²) >= 11 is 0. The van der Waals surface area contributed by atoms with E-state index in [-0.39, 0.29) is 11.9 Å². The molecule has 1 saturated carbocycles. The van der Waals surface area contributed by atoms with Crippen LogP contribution in [0, 0.1) is 11.8 Å². The van der Waals surface area contributed by atoms with Gasteiger partial charge in [0.1, 0.15) is 0 Å². The molecule has 1 aliphatic rings. The van der Waals surface area contributed by atoms with Crippen molar-refractivity contribution in [2.75, 3.05) is 26.2 Å². The van der Waals surface area contributed by atoms with Crippen molar-refractivity contribution in [3.05, 3.63) is 0 Å². The van der Waals surface area contributed by atoms with Gasteiger partial charge in [0.25, 0.3) is 0 Å². The molecule has 0 aromatic heterocycles. The molecule has 118 valence electrons. The average Bonchev–Trinajstić information content (AvgIpc) is 2.45. The van der Waals surface area contributed by atoms with Gasteiger partial charge in [-0.15, -0.1) is 0 Å². The molecule has 4 nitrogen and oxygen atoms in total. The molecule has 0 bridgehead atoms. The molecule has 0 aliphatic heterocycles. The molecule has 0 radical (unpaired) electrons. The quantitative estimate of drug-likeness (QED) is 0.716.